The first kappa shape index (κ1) is 19.6. The minimum absolute atomic E-state index is 0.173. The molecule has 0 saturated heterocycles. The van der Waals surface area contributed by atoms with Crippen molar-refractivity contribution in [2.75, 3.05) is 7.11 Å². The molecular weight excluding hydrogens is 356 g/mol. The van der Waals surface area contributed by atoms with Gasteiger partial charge in [-0.05, 0) is 36.6 Å². The van der Waals surface area contributed by atoms with E-state index >= 15 is 0 Å². The molecular formula is C21H24N4O3. The Morgan fingerprint density at radius 1 is 1.25 bits per heavy atom. The number of H-pyrrole nitrogens is 1. The van der Waals surface area contributed by atoms with Gasteiger partial charge in [0, 0.05) is 19.9 Å². The van der Waals surface area contributed by atoms with Crippen molar-refractivity contribution in [2.24, 2.45) is 0 Å². The second-order valence-electron chi connectivity index (χ2n) is 6.61. The van der Waals surface area contributed by atoms with E-state index in [-0.39, 0.29) is 23.6 Å². The van der Waals surface area contributed by atoms with E-state index < -0.39 is 0 Å². The van der Waals surface area contributed by atoms with E-state index in [1.807, 2.05) is 36.4 Å². The number of aryl methyl sites for hydroxylation is 3. The fourth-order valence-electron chi connectivity index (χ4n) is 3.00. The Bertz CT molecular complexity index is 992. The number of nitrogens with zero attached hydrogens (tertiary/aromatic N) is 2. The first-order valence-corrected chi connectivity index (χ1v) is 9.12. The lowest BCUT2D eigenvalue weighted by Crippen LogP contribution is -2.34. The van der Waals surface area contributed by atoms with E-state index in [1.165, 1.54) is 0 Å². The second-order valence-corrected chi connectivity index (χ2v) is 6.61. The number of nitrogens with one attached hydrogen (secondary N) is 2. The van der Waals surface area contributed by atoms with Crippen LogP contribution in [0.4, 0.5) is 0 Å². The molecule has 0 bridgehead atoms. The van der Waals surface area contributed by atoms with E-state index in [4.69, 9.17) is 4.74 Å². The molecule has 0 atom stereocenters. The first-order valence-electron chi connectivity index (χ1n) is 9.12. The van der Waals surface area contributed by atoms with E-state index in [9.17, 15) is 9.59 Å². The Balaban J connectivity index is 1.69. The van der Waals surface area contributed by atoms with Crippen LogP contribution in [0.1, 0.15) is 32.9 Å². The maximum atomic E-state index is 12.8. The molecule has 2 heterocycles. The average molecular weight is 380 g/mol. The zero-order valence-electron chi connectivity index (χ0n) is 16.1. The quantitative estimate of drug-likeness (QED) is 0.627. The Morgan fingerprint density at radius 3 is 2.79 bits per heavy atom. The number of carbonyl (C=O) groups excluding carboxylic acids is 1. The van der Waals surface area contributed by atoms with Gasteiger partial charge < -0.3 is 14.6 Å². The van der Waals surface area contributed by atoms with Gasteiger partial charge in [0.15, 0.2) is 0 Å². The summed E-state index contributed by atoms with van der Waals surface area (Å²) in [5, 5.41) is 9.73. The molecule has 0 radical (unpaired) electrons. The third-order valence-electron chi connectivity index (χ3n) is 4.50. The molecule has 0 aliphatic rings. The molecule has 0 unspecified atom stereocenters. The summed E-state index contributed by atoms with van der Waals surface area (Å²) in [7, 11) is 1.59. The minimum Gasteiger partial charge on any atom is -0.378 e. The molecule has 1 aromatic carbocycles. The molecule has 28 heavy (non-hydrogen) atoms. The van der Waals surface area contributed by atoms with Crippen LogP contribution in [0.3, 0.4) is 0 Å². The molecule has 3 rings (SSSR count). The minimum atomic E-state index is -0.389. The lowest BCUT2D eigenvalue weighted by molar-refractivity contribution is 0.0947. The summed E-state index contributed by atoms with van der Waals surface area (Å²) in [4.78, 5) is 25.5. The van der Waals surface area contributed by atoms with Crippen molar-refractivity contribution in [3.05, 3.63) is 87.1 Å². The molecule has 146 valence electrons. The number of ether oxygens (including phenoxy) is 1. The van der Waals surface area contributed by atoms with Crippen LogP contribution in [0.15, 0.2) is 53.5 Å². The van der Waals surface area contributed by atoms with E-state index in [2.05, 4.69) is 15.5 Å². The Morgan fingerprint density at radius 2 is 2.04 bits per heavy atom. The van der Waals surface area contributed by atoms with Crippen molar-refractivity contribution in [1.29, 1.82) is 0 Å². The monoisotopic (exact) mass is 380 g/mol. The van der Waals surface area contributed by atoms with Crippen molar-refractivity contribution in [2.45, 2.75) is 33.0 Å². The smallest absolute Gasteiger partial charge is 0.263 e. The van der Waals surface area contributed by atoms with Crippen LogP contribution in [0.25, 0.3) is 0 Å². The number of carbonyl (C=O) groups is 1. The van der Waals surface area contributed by atoms with E-state index in [1.54, 1.807) is 30.9 Å². The SMILES string of the molecule is COCc1cc(CNC(=O)c2c(C)ccn(CCc3ccccc3)c2=O)[nH]n1. The van der Waals surface area contributed by atoms with Crippen molar-refractivity contribution < 1.29 is 9.53 Å². The molecule has 7 nitrogen and oxygen atoms in total. The van der Waals surface area contributed by atoms with Gasteiger partial charge in [-0.3, -0.25) is 14.7 Å². The molecule has 2 aromatic heterocycles. The van der Waals surface area contributed by atoms with Gasteiger partial charge in [-0.25, -0.2) is 0 Å². The van der Waals surface area contributed by atoms with Crippen LogP contribution in [-0.2, 0) is 30.9 Å². The zero-order chi connectivity index (χ0) is 19.9. The summed E-state index contributed by atoms with van der Waals surface area (Å²) in [5.41, 5.74) is 3.20. The molecule has 0 saturated carbocycles. The molecule has 7 heteroatoms. The van der Waals surface area contributed by atoms with Crippen molar-refractivity contribution in [3.63, 3.8) is 0 Å². The average Bonchev–Trinajstić information content (AvgIpc) is 3.14. The van der Waals surface area contributed by atoms with E-state index in [0.717, 1.165) is 23.4 Å². The maximum absolute atomic E-state index is 12.8. The molecule has 3 aromatic rings. The predicted octanol–water partition coefficient (Wildman–Crippen LogP) is 2.20. The fraction of sp³-hybridized carbons (Fsp3) is 0.286. The van der Waals surface area contributed by atoms with Gasteiger partial charge in [-0.15, -0.1) is 0 Å². The van der Waals surface area contributed by atoms with Crippen molar-refractivity contribution in [3.8, 4) is 0 Å². The molecule has 0 aliphatic heterocycles. The lowest BCUT2D eigenvalue weighted by atomic mass is 10.1. The second kappa shape index (κ2) is 9.14. The number of hydrogen-bond acceptors (Lipinski definition) is 4. The van der Waals surface area contributed by atoms with Crippen LogP contribution in [-0.4, -0.2) is 27.8 Å². The predicted molar refractivity (Wildman–Crippen MR) is 106 cm³/mol. The fourth-order valence-corrected chi connectivity index (χ4v) is 3.00. The van der Waals surface area contributed by atoms with Gasteiger partial charge in [0.1, 0.15) is 5.56 Å². The van der Waals surface area contributed by atoms with Gasteiger partial charge >= 0.3 is 0 Å². The van der Waals surface area contributed by atoms with Gasteiger partial charge in [0.05, 0.1) is 24.5 Å². The molecule has 0 fully saturated rings. The highest BCUT2D eigenvalue weighted by Crippen LogP contribution is 2.06. The molecule has 0 spiro atoms. The molecule has 0 aliphatic carbocycles. The van der Waals surface area contributed by atoms with Crippen LogP contribution in [0.2, 0.25) is 0 Å². The number of benzene rings is 1. The Hall–Kier alpha value is -3.19. The van der Waals surface area contributed by atoms with Crippen LogP contribution >= 0.6 is 0 Å². The van der Waals surface area contributed by atoms with Crippen LogP contribution < -0.4 is 10.9 Å². The molecule has 2 N–H and O–H groups in total. The number of amides is 1. The highest BCUT2D eigenvalue weighted by Gasteiger charge is 2.16. The normalized spacial score (nSPS) is 10.8. The van der Waals surface area contributed by atoms with Crippen molar-refractivity contribution in [1.82, 2.24) is 20.1 Å². The topological polar surface area (TPSA) is 89.0 Å². The standard InChI is InChI=1S/C21H24N4O3/c1-15-8-10-25(11-9-16-6-4-3-5-7-16)21(27)19(15)20(26)22-13-17-12-18(14-28-2)24-23-17/h3-8,10,12H,9,11,13-14H2,1-2H3,(H,22,26)(H,23,24). The lowest BCUT2D eigenvalue weighted by Gasteiger charge is -2.11. The van der Waals surface area contributed by atoms with Gasteiger partial charge in [0.2, 0.25) is 0 Å². The number of aromatic amines is 1. The largest absolute Gasteiger partial charge is 0.378 e. The Labute approximate surface area is 163 Å². The number of pyridine rings is 1. The number of hydrogen-bond donors (Lipinski definition) is 2. The maximum Gasteiger partial charge on any atom is 0.263 e. The number of rotatable bonds is 8. The highest BCUT2D eigenvalue weighted by molar-refractivity contribution is 5.95. The van der Waals surface area contributed by atoms with Gasteiger partial charge in [-0.1, -0.05) is 30.3 Å². The first-order chi connectivity index (χ1) is 13.6. The summed E-state index contributed by atoms with van der Waals surface area (Å²) in [6.07, 6.45) is 2.46. The zero-order valence-corrected chi connectivity index (χ0v) is 16.1. The summed E-state index contributed by atoms with van der Waals surface area (Å²) in [6.45, 7) is 2.94. The summed E-state index contributed by atoms with van der Waals surface area (Å²) >= 11 is 0. The van der Waals surface area contributed by atoms with Gasteiger partial charge in [-0.2, -0.15) is 5.10 Å². The number of methoxy groups -OCH3 is 1. The summed E-state index contributed by atoms with van der Waals surface area (Å²) < 4.78 is 6.61. The van der Waals surface area contributed by atoms with E-state index in [0.29, 0.717) is 18.7 Å². The highest BCUT2D eigenvalue weighted by atomic mass is 16.5. The third kappa shape index (κ3) is 4.75. The third-order valence-corrected chi connectivity index (χ3v) is 4.50. The molecule has 1 amide bonds. The summed E-state index contributed by atoms with van der Waals surface area (Å²) in [6, 6.07) is 13.6. The Kier molecular flexibility index (Phi) is 6.39. The summed E-state index contributed by atoms with van der Waals surface area (Å²) in [5.74, 6) is -0.389. The van der Waals surface area contributed by atoms with Crippen molar-refractivity contribution >= 4 is 5.91 Å². The van der Waals surface area contributed by atoms with Crippen LogP contribution in [0.5, 0.6) is 0 Å². The van der Waals surface area contributed by atoms with Gasteiger partial charge in [0.25, 0.3) is 11.5 Å². The van der Waals surface area contributed by atoms with Crippen LogP contribution in [0, 0.1) is 6.92 Å². The number of aromatic nitrogens is 3.